The van der Waals surface area contributed by atoms with Gasteiger partial charge < -0.3 is 5.43 Å². The van der Waals surface area contributed by atoms with Gasteiger partial charge in [-0.25, -0.2) is 15.8 Å². The fourth-order valence-corrected chi connectivity index (χ4v) is 3.63. The number of nitrogens with zero attached hydrogens (tertiary/aromatic N) is 2. The van der Waals surface area contributed by atoms with Gasteiger partial charge in [0.15, 0.2) is 0 Å². The van der Waals surface area contributed by atoms with Crippen LogP contribution < -0.4 is 11.3 Å². The highest BCUT2D eigenvalue weighted by atomic mass is 79.9. The van der Waals surface area contributed by atoms with Crippen molar-refractivity contribution in [3.8, 4) is 0 Å². The third-order valence-corrected chi connectivity index (χ3v) is 5.11. The number of rotatable bonds is 5. The maximum Gasteiger partial charge on any atom is 0.147 e. The standard InChI is InChI=1S/C15H19BrN4S/c1-9(2)14-10(3)18-13(19-15(14)20-17)8-21-12-7-5-4-6-11(12)16/h4-7,9H,8,17H2,1-3H3,(H,18,19,20). The average molecular weight is 367 g/mol. The predicted molar refractivity (Wildman–Crippen MR) is 92.4 cm³/mol. The molecule has 21 heavy (non-hydrogen) atoms. The molecule has 112 valence electrons. The molecule has 2 rings (SSSR count). The van der Waals surface area contributed by atoms with E-state index in [1.54, 1.807) is 11.8 Å². The predicted octanol–water partition coefficient (Wildman–Crippen LogP) is 4.25. The summed E-state index contributed by atoms with van der Waals surface area (Å²) in [5.41, 5.74) is 4.76. The number of hydrogen-bond acceptors (Lipinski definition) is 5. The van der Waals surface area contributed by atoms with Gasteiger partial charge in [-0.15, -0.1) is 11.8 Å². The first kappa shape index (κ1) is 16.3. The smallest absolute Gasteiger partial charge is 0.147 e. The Morgan fingerprint density at radius 3 is 2.62 bits per heavy atom. The highest BCUT2D eigenvalue weighted by Gasteiger charge is 2.14. The van der Waals surface area contributed by atoms with E-state index in [0.717, 1.165) is 27.4 Å². The zero-order valence-electron chi connectivity index (χ0n) is 12.4. The molecule has 1 aromatic heterocycles. The largest absolute Gasteiger partial charge is 0.308 e. The number of aryl methyl sites for hydroxylation is 1. The van der Waals surface area contributed by atoms with Crippen LogP contribution in [0.4, 0.5) is 5.82 Å². The molecule has 0 spiro atoms. The van der Waals surface area contributed by atoms with Crippen molar-refractivity contribution in [2.24, 2.45) is 5.84 Å². The molecule has 0 aliphatic carbocycles. The molecule has 0 amide bonds. The highest BCUT2D eigenvalue weighted by Crippen LogP contribution is 2.30. The van der Waals surface area contributed by atoms with Crippen molar-refractivity contribution in [2.75, 3.05) is 5.43 Å². The molecule has 0 saturated heterocycles. The van der Waals surface area contributed by atoms with E-state index in [1.165, 1.54) is 4.90 Å². The molecule has 0 radical (unpaired) electrons. The second kappa shape index (κ2) is 7.24. The van der Waals surface area contributed by atoms with Gasteiger partial charge in [0.1, 0.15) is 11.6 Å². The van der Waals surface area contributed by atoms with Crippen LogP contribution in [-0.4, -0.2) is 9.97 Å². The van der Waals surface area contributed by atoms with Crippen LogP contribution in [0.1, 0.15) is 36.8 Å². The van der Waals surface area contributed by atoms with E-state index >= 15 is 0 Å². The Kier molecular flexibility index (Phi) is 5.61. The van der Waals surface area contributed by atoms with Gasteiger partial charge in [-0.1, -0.05) is 26.0 Å². The minimum atomic E-state index is 0.334. The van der Waals surface area contributed by atoms with E-state index in [2.05, 4.69) is 51.2 Å². The van der Waals surface area contributed by atoms with Gasteiger partial charge >= 0.3 is 0 Å². The van der Waals surface area contributed by atoms with E-state index < -0.39 is 0 Å². The number of thioether (sulfide) groups is 1. The zero-order valence-corrected chi connectivity index (χ0v) is 14.8. The molecule has 0 aliphatic rings. The third kappa shape index (κ3) is 3.96. The van der Waals surface area contributed by atoms with Gasteiger partial charge in [-0.2, -0.15) is 0 Å². The summed E-state index contributed by atoms with van der Waals surface area (Å²) < 4.78 is 1.09. The van der Waals surface area contributed by atoms with Crippen LogP contribution in [0.5, 0.6) is 0 Å². The van der Waals surface area contributed by atoms with Crippen molar-refractivity contribution in [2.45, 2.75) is 37.3 Å². The lowest BCUT2D eigenvalue weighted by molar-refractivity contribution is 0.818. The molecule has 0 aliphatic heterocycles. The average Bonchev–Trinajstić information content (AvgIpc) is 2.45. The van der Waals surface area contributed by atoms with Gasteiger partial charge in [-0.05, 0) is 40.9 Å². The quantitative estimate of drug-likeness (QED) is 0.470. The number of halogens is 1. The molecule has 0 fully saturated rings. The summed E-state index contributed by atoms with van der Waals surface area (Å²) in [7, 11) is 0. The van der Waals surface area contributed by atoms with Crippen LogP contribution in [-0.2, 0) is 5.75 Å². The Labute approximate surface area is 138 Å². The number of nitrogens with two attached hydrogens (primary N) is 1. The zero-order chi connectivity index (χ0) is 15.4. The van der Waals surface area contributed by atoms with Crippen molar-refractivity contribution in [3.63, 3.8) is 0 Å². The SMILES string of the molecule is Cc1nc(CSc2ccccc2Br)nc(NN)c1C(C)C. The molecule has 3 N–H and O–H groups in total. The molecule has 2 aromatic rings. The summed E-state index contributed by atoms with van der Waals surface area (Å²) in [6.07, 6.45) is 0. The second-order valence-corrected chi connectivity index (χ2v) is 6.88. The van der Waals surface area contributed by atoms with Crippen molar-refractivity contribution >= 4 is 33.5 Å². The van der Waals surface area contributed by atoms with Crippen molar-refractivity contribution in [1.29, 1.82) is 0 Å². The summed E-state index contributed by atoms with van der Waals surface area (Å²) in [6.45, 7) is 6.23. The van der Waals surface area contributed by atoms with Crippen molar-refractivity contribution < 1.29 is 0 Å². The Morgan fingerprint density at radius 2 is 2.00 bits per heavy atom. The molecule has 1 heterocycles. The van der Waals surface area contributed by atoms with Crippen molar-refractivity contribution in [1.82, 2.24) is 9.97 Å². The monoisotopic (exact) mass is 366 g/mol. The van der Waals surface area contributed by atoms with Crippen LogP contribution in [0.2, 0.25) is 0 Å². The first-order chi connectivity index (χ1) is 10.0. The highest BCUT2D eigenvalue weighted by molar-refractivity contribution is 9.10. The Bertz CT molecular complexity index is 631. The lowest BCUT2D eigenvalue weighted by atomic mass is 10.0. The molecular weight excluding hydrogens is 348 g/mol. The van der Waals surface area contributed by atoms with Gasteiger partial charge in [0.25, 0.3) is 0 Å². The number of nitrogens with one attached hydrogen (secondary N) is 1. The molecule has 0 bridgehead atoms. The topological polar surface area (TPSA) is 63.8 Å². The van der Waals surface area contributed by atoms with Crippen LogP contribution in [0, 0.1) is 6.92 Å². The summed E-state index contributed by atoms with van der Waals surface area (Å²) in [6, 6.07) is 8.13. The van der Waals surface area contributed by atoms with Crippen LogP contribution in [0.15, 0.2) is 33.6 Å². The molecular formula is C15H19BrN4S. The lowest BCUT2D eigenvalue weighted by Crippen LogP contribution is -2.15. The van der Waals surface area contributed by atoms with Gasteiger partial charge in [0, 0.05) is 20.6 Å². The van der Waals surface area contributed by atoms with E-state index in [-0.39, 0.29) is 0 Å². The number of nitrogen functional groups attached to an aromatic ring is 1. The fraction of sp³-hybridized carbons (Fsp3) is 0.333. The Morgan fingerprint density at radius 1 is 1.29 bits per heavy atom. The van der Waals surface area contributed by atoms with Crippen LogP contribution >= 0.6 is 27.7 Å². The normalized spacial score (nSPS) is 11.0. The second-order valence-electron chi connectivity index (χ2n) is 5.01. The number of anilines is 1. The van der Waals surface area contributed by atoms with Crippen LogP contribution in [0.3, 0.4) is 0 Å². The number of hydrogen-bond donors (Lipinski definition) is 2. The van der Waals surface area contributed by atoms with Gasteiger partial charge in [0.2, 0.25) is 0 Å². The summed E-state index contributed by atoms with van der Waals surface area (Å²) in [5.74, 6) is 8.15. The van der Waals surface area contributed by atoms with Crippen LogP contribution in [0.25, 0.3) is 0 Å². The third-order valence-electron chi connectivity index (χ3n) is 3.09. The first-order valence-corrected chi connectivity index (χ1v) is 8.52. The molecule has 0 atom stereocenters. The molecule has 1 aromatic carbocycles. The summed E-state index contributed by atoms with van der Waals surface area (Å²) in [5, 5.41) is 0. The fourth-order valence-electron chi connectivity index (χ4n) is 2.21. The maximum absolute atomic E-state index is 5.60. The van der Waals surface area contributed by atoms with Crippen molar-refractivity contribution in [3.05, 3.63) is 45.8 Å². The number of hydrazine groups is 1. The summed E-state index contributed by atoms with van der Waals surface area (Å²) in [4.78, 5) is 10.3. The Balaban J connectivity index is 2.22. The summed E-state index contributed by atoms with van der Waals surface area (Å²) >= 11 is 5.25. The van der Waals surface area contributed by atoms with E-state index in [0.29, 0.717) is 11.7 Å². The minimum Gasteiger partial charge on any atom is -0.308 e. The van der Waals surface area contributed by atoms with E-state index in [1.807, 2.05) is 25.1 Å². The molecule has 0 saturated carbocycles. The molecule has 0 unspecified atom stereocenters. The maximum atomic E-state index is 5.60. The Hall–Kier alpha value is -1.11. The molecule has 4 nitrogen and oxygen atoms in total. The first-order valence-electron chi connectivity index (χ1n) is 6.74. The number of benzene rings is 1. The minimum absolute atomic E-state index is 0.334. The van der Waals surface area contributed by atoms with Gasteiger partial charge in [0.05, 0.1) is 5.75 Å². The van der Waals surface area contributed by atoms with Gasteiger partial charge in [-0.3, -0.25) is 0 Å². The van der Waals surface area contributed by atoms with E-state index in [4.69, 9.17) is 5.84 Å². The molecule has 6 heteroatoms. The number of aromatic nitrogens is 2. The lowest BCUT2D eigenvalue weighted by Gasteiger charge is -2.15. The van der Waals surface area contributed by atoms with E-state index in [9.17, 15) is 0 Å².